The first-order chi connectivity index (χ1) is 8.93. The number of benzene rings is 1. The molecule has 1 aromatic carbocycles. The number of halogens is 1. The molecule has 0 aromatic heterocycles. The second kappa shape index (κ2) is 5.27. The van der Waals surface area contributed by atoms with Gasteiger partial charge in [0.25, 0.3) is 0 Å². The zero-order valence-corrected chi connectivity index (χ0v) is 11.5. The SMILES string of the molecule is CN(Cc1cccc(C#N)c1F)C1CCS(=O)(=O)C1. The molecular weight excluding hydrogens is 267 g/mol. The predicted molar refractivity (Wildman–Crippen MR) is 69.6 cm³/mol. The molecule has 19 heavy (non-hydrogen) atoms. The van der Waals surface area contributed by atoms with Crippen molar-refractivity contribution in [2.24, 2.45) is 0 Å². The first-order valence-corrected chi connectivity index (χ1v) is 7.83. The minimum atomic E-state index is -2.94. The summed E-state index contributed by atoms with van der Waals surface area (Å²) in [7, 11) is -1.16. The van der Waals surface area contributed by atoms with Crippen LogP contribution in [-0.2, 0) is 16.4 Å². The van der Waals surface area contributed by atoms with E-state index in [1.54, 1.807) is 25.2 Å². The second-order valence-corrected chi connectivity index (χ2v) is 7.09. The van der Waals surface area contributed by atoms with Crippen LogP contribution >= 0.6 is 0 Å². The third-order valence-corrected chi connectivity index (χ3v) is 5.20. The first kappa shape index (κ1) is 14.0. The predicted octanol–water partition coefficient (Wildman–Crippen LogP) is 1.32. The Hall–Kier alpha value is -1.45. The summed E-state index contributed by atoms with van der Waals surface area (Å²) in [5, 5.41) is 8.77. The Morgan fingerprint density at radius 2 is 2.26 bits per heavy atom. The number of nitriles is 1. The molecule has 1 unspecified atom stereocenters. The van der Waals surface area contributed by atoms with Gasteiger partial charge in [-0.2, -0.15) is 5.26 Å². The quantitative estimate of drug-likeness (QED) is 0.839. The molecule has 102 valence electrons. The maximum absolute atomic E-state index is 13.9. The maximum Gasteiger partial charge on any atom is 0.151 e. The summed E-state index contributed by atoms with van der Waals surface area (Å²) in [6.07, 6.45) is 0.582. The van der Waals surface area contributed by atoms with Crippen molar-refractivity contribution in [3.05, 3.63) is 35.1 Å². The van der Waals surface area contributed by atoms with Gasteiger partial charge in [-0.15, -0.1) is 0 Å². The summed E-state index contributed by atoms with van der Waals surface area (Å²) >= 11 is 0. The minimum absolute atomic E-state index is 0.0185. The number of rotatable bonds is 3. The van der Waals surface area contributed by atoms with E-state index < -0.39 is 15.7 Å². The van der Waals surface area contributed by atoms with Gasteiger partial charge in [-0.25, -0.2) is 12.8 Å². The monoisotopic (exact) mass is 282 g/mol. The summed E-state index contributed by atoms with van der Waals surface area (Å²) in [5.74, 6) is -0.191. The molecule has 1 aliphatic heterocycles. The Balaban J connectivity index is 2.12. The smallest absolute Gasteiger partial charge is 0.151 e. The van der Waals surface area contributed by atoms with E-state index in [1.165, 1.54) is 6.07 Å². The Morgan fingerprint density at radius 1 is 1.53 bits per heavy atom. The fourth-order valence-corrected chi connectivity index (χ4v) is 4.11. The molecule has 4 nitrogen and oxygen atoms in total. The van der Waals surface area contributed by atoms with Gasteiger partial charge in [0.1, 0.15) is 11.9 Å². The van der Waals surface area contributed by atoms with Crippen molar-refractivity contribution in [3.63, 3.8) is 0 Å². The largest absolute Gasteiger partial charge is 0.298 e. The van der Waals surface area contributed by atoms with Crippen molar-refractivity contribution < 1.29 is 12.8 Å². The van der Waals surface area contributed by atoms with Gasteiger partial charge in [0.05, 0.1) is 17.1 Å². The fraction of sp³-hybridized carbons (Fsp3) is 0.462. The minimum Gasteiger partial charge on any atom is -0.298 e. The standard InChI is InChI=1S/C13H15FN2O2S/c1-16(12-5-6-19(17,18)9-12)8-11-4-2-3-10(7-15)13(11)14/h2-4,12H,5-6,8-9H2,1H3. The Bertz CT molecular complexity index is 622. The van der Waals surface area contributed by atoms with Crippen LogP contribution in [0.15, 0.2) is 18.2 Å². The molecule has 2 rings (SSSR count). The van der Waals surface area contributed by atoms with Crippen LogP contribution in [0.3, 0.4) is 0 Å². The molecular formula is C13H15FN2O2S. The van der Waals surface area contributed by atoms with E-state index in [0.29, 0.717) is 18.5 Å². The van der Waals surface area contributed by atoms with Crippen LogP contribution in [-0.4, -0.2) is 37.9 Å². The molecule has 0 aliphatic carbocycles. The average molecular weight is 282 g/mol. The van der Waals surface area contributed by atoms with Gasteiger partial charge >= 0.3 is 0 Å². The Morgan fingerprint density at radius 3 is 2.84 bits per heavy atom. The van der Waals surface area contributed by atoms with Crippen molar-refractivity contribution in [1.82, 2.24) is 4.90 Å². The van der Waals surface area contributed by atoms with Gasteiger partial charge in [0, 0.05) is 18.2 Å². The van der Waals surface area contributed by atoms with Crippen molar-refractivity contribution in [1.29, 1.82) is 5.26 Å². The lowest BCUT2D eigenvalue weighted by atomic mass is 10.1. The molecule has 0 amide bonds. The van der Waals surface area contributed by atoms with Crippen molar-refractivity contribution in [2.75, 3.05) is 18.6 Å². The normalized spacial score (nSPS) is 21.5. The second-order valence-electron chi connectivity index (χ2n) is 4.86. The van der Waals surface area contributed by atoms with Crippen LogP contribution in [0.2, 0.25) is 0 Å². The molecule has 1 atom stereocenters. The molecule has 1 aliphatic rings. The van der Waals surface area contributed by atoms with Crippen LogP contribution in [0.25, 0.3) is 0 Å². The molecule has 0 saturated carbocycles. The summed E-state index contributed by atoms with van der Waals surface area (Å²) < 4.78 is 36.7. The molecule has 0 spiro atoms. The maximum atomic E-state index is 13.9. The lowest BCUT2D eigenvalue weighted by molar-refractivity contribution is 0.250. The molecule has 6 heteroatoms. The molecule has 0 radical (unpaired) electrons. The highest BCUT2D eigenvalue weighted by atomic mass is 32.2. The van der Waals surface area contributed by atoms with Crippen LogP contribution in [0.1, 0.15) is 17.5 Å². The zero-order valence-electron chi connectivity index (χ0n) is 10.6. The van der Waals surface area contributed by atoms with Crippen LogP contribution in [0.5, 0.6) is 0 Å². The van der Waals surface area contributed by atoms with Gasteiger partial charge in [0.2, 0.25) is 0 Å². The average Bonchev–Trinajstić information content (AvgIpc) is 2.72. The summed E-state index contributed by atoms with van der Waals surface area (Å²) in [6.45, 7) is 0.307. The molecule has 1 fully saturated rings. The Labute approximate surface area is 112 Å². The highest BCUT2D eigenvalue weighted by Crippen LogP contribution is 2.20. The van der Waals surface area contributed by atoms with E-state index >= 15 is 0 Å². The molecule has 1 saturated heterocycles. The highest BCUT2D eigenvalue weighted by Gasteiger charge is 2.30. The number of hydrogen-bond donors (Lipinski definition) is 0. The summed E-state index contributed by atoms with van der Waals surface area (Å²) in [5.41, 5.74) is 0.441. The van der Waals surface area contributed by atoms with Gasteiger partial charge in [0.15, 0.2) is 9.84 Å². The van der Waals surface area contributed by atoms with E-state index in [2.05, 4.69) is 0 Å². The van der Waals surface area contributed by atoms with Crippen LogP contribution in [0, 0.1) is 17.1 Å². The van der Waals surface area contributed by atoms with Crippen molar-refractivity contribution in [3.8, 4) is 6.07 Å². The fourth-order valence-electron chi connectivity index (χ4n) is 2.31. The van der Waals surface area contributed by atoms with Gasteiger partial charge in [-0.1, -0.05) is 12.1 Å². The third-order valence-electron chi connectivity index (χ3n) is 3.45. The molecule has 1 aromatic rings. The van der Waals surface area contributed by atoms with E-state index in [4.69, 9.17) is 5.26 Å². The van der Waals surface area contributed by atoms with E-state index in [-0.39, 0.29) is 23.1 Å². The van der Waals surface area contributed by atoms with Crippen LogP contribution in [0.4, 0.5) is 4.39 Å². The van der Waals surface area contributed by atoms with Crippen molar-refractivity contribution >= 4 is 9.84 Å². The number of nitrogens with zero attached hydrogens (tertiary/aromatic N) is 2. The highest BCUT2D eigenvalue weighted by molar-refractivity contribution is 7.91. The lowest BCUT2D eigenvalue weighted by Gasteiger charge is -2.23. The zero-order chi connectivity index (χ0) is 14.0. The summed E-state index contributed by atoms with van der Waals surface area (Å²) in [4.78, 5) is 1.84. The summed E-state index contributed by atoms with van der Waals surface area (Å²) in [6, 6.07) is 6.41. The van der Waals surface area contributed by atoms with Gasteiger partial charge in [-0.05, 0) is 19.5 Å². The van der Waals surface area contributed by atoms with Crippen LogP contribution < -0.4 is 0 Å². The van der Waals surface area contributed by atoms with Gasteiger partial charge < -0.3 is 0 Å². The van der Waals surface area contributed by atoms with Crippen molar-refractivity contribution in [2.45, 2.75) is 19.0 Å². The third kappa shape index (κ3) is 3.11. The molecule has 0 N–H and O–H groups in total. The number of sulfone groups is 1. The molecule has 0 bridgehead atoms. The first-order valence-electron chi connectivity index (χ1n) is 6.01. The lowest BCUT2D eigenvalue weighted by Crippen LogP contribution is -2.32. The van der Waals surface area contributed by atoms with E-state index in [1.807, 2.05) is 4.90 Å². The van der Waals surface area contributed by atoms with E-state index in [9.17, 15) is 12.8 Å². The van der Waals surface area contributed by atoms with E-state index in [0.717, 1.165) is 0 Å². The number of hydrogen-bond acceptors (Lipinski definition) is 4. The molecule has 1 heterocycles. The Kier molecular flexibility index (Phi) is 3.88. The topological polar surface area (TPSA) is 61.2 Å². The van der Waals surface area contributed by atoms with Gasteiger partial charge in [-0.3, -0.25) is 4.90 Å².